The van der Waals surface area contributed by atoms with Gasteiger partial charge in [0.15, 0.2) is 0 Å². The SMILES string of the molecule is C1=Cc2cc3c(cc2=C1)CCN=3. The minimum absolute atomic E-state index is 0.974. The Hall–Kier alpha value is -1.37. The van der Waals surface area contributed by atoms with Crippen LogP contribution in [0, 0.1) is 0 Å². The maximum absolute atomic E-state index is 4.43. The topological polar surface area (TPSA) is 12.4 Å². The Labute approximate surface area is 70.8 Å². The van der Waals surface area contributed by atoms with Crippen molar-refractivity contribution in [1.29, 1.82) is 0 Å². The van der Waals surface area contributed by atoms with Gasteiger partial charge in [0.25, 0.3) is 0 Å². The van der Waals surface area contributed by atoms with Gasteiger partial charge in [-0.05, 0) is 34.9 Å². The van der Waals surface area contributed by atoms with Gasteiger partial charge in [-0.2, -0.15) is 0 Å². The summed E-state index contributed by atoms with van der Waals surface area (Å²) in [6, 6.07) is 4.46. The third kappa shape index (κ3) is 0.708. The maximum Gasteiger partial charge on any atom is 0.0613 e. The van der Waals surface area contributed by atoms with Crippen LogP contribution in [-0.4, -0.2) is 6.54 Å². The minimum atomic E-state index is 0.974. The Morgan fingerprint density at radius 1 is 1.25 bits per heavy atom. The molecule has 0 atom stereocenters. The van der Waals surface area contributed by atoms with Crippen molar-refractivity contribution in [3.8, 4) is 0 Å². The van der Waals surface area contributed by atoms with Crippen LogP contribution in [0.2, 0.25) is 0 Å². The molecule has 1 nitrogen and oxygen atoms in total. The van der Waals surface area contributed by atoms with Crippen LogP contribution in [-0.2, 0) is 6.42 Å². The van der Waals surface area contributed by atoms with Gasteiger partial charge in [0.1, 0.15) is 0 Å². The summed E-state index contributed by atoms with van der Waals surface area (Å²) in [5.41, 5.74) is 2.73. The number of hydrogen-bond donors (Lipinski definition) is 0. The van der Waals surface area contributed by atoms with Gasteiger partial charge >= 0.3 is 0 Å². The van der Waals surface area contributed by atoms with Crippen LogP contribution in [0.15, 0.2) is 23.2 Å². The molecule has 1 aliphatic carbocycles. The maximum atomic E-state index is 4.43. The van der Waals surface area contributed by atoms with Gasteiger partial charge < -0.3 is 0 Å². The molecular weight excluding hydrogens is 146 g/mol. The van der Waals surface area contributed by atoms with E-state index in [0.29, 0.717) is 0 Å². The zero-order chi connectivity index (χ0) is 7.97. The molecule has 1 aliphatic heterocycles. The Morgan fingerprint density at radius 3 is 3.25 bits per heavy atom. The number of nitrogens with zero attached hydrogens (tertiary/aromatic N) is 1. The summed E-state index contributed by atoms with van der Waals surface area (Å²) in [6.45, 7) is 0.974. The zero-order valence-corrected chi connectivity index (χ0v) is 6.75. The number of hydrogen-bond acceptors (Lipinski definition) is 1. The van der Waals surface area contributed by atoms with E-state index < -0.39 is 0 Å². The van der Waals surface area contributed by atoms with E-state index in [4.69, 9.17) is 0 Å². The number of rotatable bonds is 0. The van der Waals surface area contributed by atoms with Gasteiger partial charge in [-0.3, -0.25) is 4.99 Å². The van der Waals surface area contributed by atoms with E-state index in [-0.39, 0.29) is 0 Å². The number of allylic oxidation sites excluding steroid dienone is 1. The Bertz CT molecular complexity index is 480. The molecule has 0 N–H and O–H groups in total. The molecule has 0 aromatic heterocycles. The Morgan fingerprint density at radius 2 is 2.25 bits per heavy atom. The van der Waals surface area contributed by atoms with Crippen LogP contribution >= 0.6 is 0 Å². The molecule has 0 saturated carbocycles. The molecule has 1 heterocycles. The second-order valence-electron chi connectivity index (χ2n) is 3.27. The second kappa shape index (κ2) is 2.07. The van der Waals surface area contributed by atoms with Gasteiger partial charge in [-0.15, -0.1) is 0 Å². The van der Waals surface area contributed by atoms with Crippen LogP contribution < -0.4 is 10.6 Å². The largest absolute Gasteiger partial charge is 0.285 e. The fourth-order valence-electron chi connectivity index (χ4n) is 1.86. The highest BCUT2D eigenvalue weighted by atomic mass is 14.7. The van der Waals surface area contributed by atoms with Gasteiger partial charge in [0, 0.05) is 6.54 Å². The lowest BCUT2D eigenvalue weighted by Gasteiger charge is -1.94. The van der Waals surface area contributed by atoms with E-state index >= 15 is 0 Å². The monoisotopic (exact) mass is 155 g/mol. The second-order valence-corrected chi connectivity index (χ2v) is 3.27. The van der Waals surface area contributed by atoms with Crippen molar-refractivity contribution in [1.82, 2.24) is 0 Å². The first kappa shape index (κ1) is 6.18. The lowest BCUT2D eigenvalue weighted by Crippen LogP contribution is -2.13. The first-order valence-electron chi connectivity index (χ1n) is 4.29. The average molecular weight is 155 g/mol. The zero-order valence-electron chi connectivity index (χ0n) is 6.75. The summed E-state index contributed by atoms with van der Waals surface area (Å²) in [4.78, 5) is 4.43. The van der Waals surface area contributed by atoms with Gasteiger partial charge in [0.05, 0.1) is 5.36 Å². The molecule has 2 aliphatic rings. The van der Waals surface area contributed by atoms with E-state index in [9.17, 15) is 0 Å². The molecule has 0 amide bonds. The van der Waals surface area contributed by atoms with Crippen molar-refractivity contribution < 1.29 is 0 Å². The predicted octanol–water partition coefficient (Wildman–Crippen LogP) is 0.670. The van der Waals surface area contributed by atoms with Crippen molar-refractivity contribution in [2.24, 2.45) is 4.99 Å². The van der Waals surface area contributed by atoms with Gasteiger partial charge in [-0.1, -0.05) is 18.2 Å². The molecule has 0 radical (unpaired) electrons. The first-order valence-corrected chi connectivity index (χ1v) is 4.29. The van der Waals surface area contributed by atoms with Crippen LogP contribution in [0.5, 0.6) is 0 Å². The quantitative estimate of drug-likeness (QED) is 0.522. The highest BCUT2D eigenvalue weighted by molar-refractivity contribution is 5.66. The fourth-order valence-corrected chi connectivity index (χ4v) is 1.86. The predicted molar refractivity (Wildman–Crippen MR) is 49.3 cm³/mol. The summed E-state index contributed by atoms with van der Waals surface area (Å²) in [6.07, 6.45) is 7.52. The highest BCUT2D eigenvalue weighted by Gasteiger charge is 2.06. The molecule has 0 saturated heterocycles. The molecule has 3 rings (SSSR count). The van der Waals surface area contributed by atoms with Crippen LogP contribution in [0.3, 0.4) is 0 Å². The van der Waals surface area contributed by atoms with Crippen molar-refractivity contribution in [2.75, 3.05) is 6.54 Å². The summed E-state index contributed by atoms with van der Waals surface area (Å²) in [5.74, 6) is 0. The van der Waals surface area contributed by atoms with Crippen molar-refractivity contribution in [2.45, 2.75) is 6.42 Å². The molecular formula is C11H9N. The third-order valence-corrected chi connectivity index (χ3v) is 2.50. The Kier molecular flexibility index (Phi) is 1.06. The summed E-state index contributed by atoms with van der Waals surface area (Å²) in [7, 11) is 0. The van der Waals surface area contributed by atoms with E-state index in [2.05, 4.69) is 35.4 Å². The van der Waals surface area contributed by atoms with Crippen molar-refractivity contribution in [3.05, 3.63) is 39.9 Å². The van der Waals surface area contributed by atoms with Gasteiger partial charge in [-0.25, -0.2) is 0 Å². The molecule has 1 aromatic rings. The summed E-state index contributed by atoms with van der Waals surface area (Å²) < 4.78 is 0. The van der Waals surface area contributed by atoms with Crippen molar-refractivity contribution >= 4 is 12.2 Å². The van der Waals surface area contributed by atoms with Crippen molar-refractivity contribution in [3.63, 3.8) is 0 Å². The molecule has 1 aromatic carbocycles. The number of benzene rings is 1. The van der Waals surface area contributed by atoms with E-state index in [1.165, 1.54) is 21.7 Å². The lowest BCUT2D eigenvalue weighted by molar-refractivity contribution is 1.02. The van der Waals surface area contributed by atoms with E-state index in [0.717, 1.165) is 13.0 Å². The van der Waals surface area contributed by atoms with Crippen LogP contribution in [0.1, 0.15) is 11.1 Å². The normalized spacial score (nSPS) is 16.7. The molecule has 0 bridgehead atoms. The molecule has 0 fully saturated rings. The Balaban J connectivity index is 2.45. The highest BCUT2D eigenvalue weighted by Crippen LogP contribution is 2.04. The van der Waals surface area contributed by atoms with Crippen LogP contribution in [0.25, 0.3) is 12.2 Å². The average Bonchev–Trinajstić information content (AvgIpc) is 2.64. The van der Waals surface area contributed by atoms with Gasteiger partial charge in [0.2, 0.25) is 0 Å². The molecule has 12 heavy (non-hydrogen) atoms. The molecule has 58 valence electrons. The number of fused-ring (bicyclic) bond motifs is 2. The standard InChI is InChI=1S/C11H9N/c1-2-8-6-10-4-5-12-11(10)7-9(8)3-1/h1-3,6-7H,4-5H2. The van der Waals surface area contributed by atoms with E-state index in [1.54, 1.807) is 0 Å². The first-order chi connectivity index (χ1) is 5.93. The molecule has 0 unspecified atom stereocenters. The fraction of sp³-hybridized carbons (Fsp3) is 0.182. The van der Waals surface area contributed by atoms with Crippen LogP contribution in [0.4, 0.5) is 0 Å². The third-order valence-electron chi connectivity index (χ3n) is 2.50. The summed E-state index contributed by atoms with van der Waals surface area (Å²) >= 11 is 0. The smallest absolute Gasteiger partial charge is 0.0613 e. The summed E-state index contributed by atoms with van der Waals surface area (Å²) in [5, 5.41) is 2.56. The van der Waals surface area contributed by atoms with E-state index in [1.807, 2.05) is 0 Å². The minimum Gasteiger partial charge on any atom is -0.285 e. The molecule has 1 heteroatoms. The molecule has 0 spiro atoms. The lowest BCUT2D eigenvalue weighted by atomic mass is 10.1.